The molecule has 1 aromatic heterocycles. The largest absolute Gasteiger partial charge is 0.397 e. The average molecular weight is 295 g/mol. The molecule has 0 radical (unpaired) electrons. The molecular weight excluding hydrogens is 270 g/mol. The fourth-order valence-electron chi connectivity index (χ4n) is 2.10. The van der Waals surface area contributed by atoms with Crippen molar-refractivity contribution in [3.63, 3.8) is 0 Å². The van der Waals surface area contributed by atoms with Gasteiger partial charge >= 0.3 is 0 Å². The quantitative estimate of drug-likeness (QED) is 0.724. The Morgan fingerprint density at radius 3 is 2.90 bits per heavy atom. The summed E-state index contributed by atoms with van der Waals surface area (Å²) in [4.78, 5) is 15.1. The molecule has 5 heteroatoms. The average Bonchev–Trinajstić information content (AvgIpc) is 3.21. The number of thiophene rings is 1. The summed E-state index contributed by atoms with van der Waals surface area (Å²) in [5, 5.41) is 4.38. The topological polar surface area (TPSA) is 58.4 Å². The lowest BCUT2D eigenvalue weighted by Gasteiger charge is -2.23. The Bertz CT molecular complexity index is 468. The van der Waals surface area contributed by atoms with Gasteiger partial charge in [-0.25, -0.2) is 0 Å². The van der Waals surface area contributed by atoms with Gasteiger partial charge in [0.25, 0.3) is 0 Å². The molecular formula is C15H25N3OS. The molecule has 4 nitrogen and oxygen atoms in total. The summed E-state index contributed by atoms with van der Waals surface area (Å²) in [5.74, 6) is 0.470. The van der Waals surface area contributed by atoms with Gasteiger partial charge in [0, 0.05) is 25.0 Å². The summed E-state index contributed by atoms with van der Waals surface area (Å²) in [5.41, 5.74) is 6.58. The first-order valence-electron chi connectivity index (χ1n) is 7.40. The van der Waals surface area contributed by atoms with Crippen LogP contribution in [0.25, 0.3) is 0 Å². The van der Waals surface area contributed by atoms with Crippen molar-refractivity contribution in [1.82, 2.24) is 4.90 Å². The summed E-state index contributed by atoms with van der Waals surface area (Å²) in [6.07, 6.45) is 3.21. The summed E-state index contributed by atoms with van der Waals surface area (Å²) >= 11 is 1.50. The van der Waals surface area contributed by atoms with E-state index >= 15 is 0 Å². The van der Waals surface area contributed by atoms with Gasteiger partial charge in [0.2, 0.25) is 0 Å². The van der Waals surface area contributed by atoms with Gasteiger partial charge in [-0.2, -0.15) is 0 Å². The van der Waals surface area contributed by atoms with Crippen LogP contribution in [0, 0.1) is 5.92 Å². The minimum atomic E-state index is 0.234. The van der Waals surface area contributed by atoms with Crippen LogP contribution in [0.4, 0.5) is 10.7 Å². The Morgan fingerprint density at radius 2 is 2.30 bits per heavy atom. The van der Waals surface area contributed by atoms with E-state index in [1.54, 1.807) is 0 Å². The molecule has 1 aromatic rings. The van der Waals surface area contributed by atoms with Crippen molar-refractivity contribution in [3.8, 4) is 0 Å². The lowest BCUT2D eigenvalue weighted by atomic mass is 10.2. The number of hydrogen-bond acceptors (Lipinski definition) is 5. The Morgan fingerprint density at radius 1 is 1.60 bits per heavy atom. The van der Waals surface area contributed by atoms with E-state index in [1.807, 2.05) is 6.07 Å². The van der Waals surface area contributed by atoms with E-state index in [9.17, 15) is 4.79 Å². The van der Waals surface area contributed by atoms with Crippen LogP contribution in [0.2, 0.25) is 0 Å². The molecule has 0 spiro atoms. The Balaban J connectivity index is 1.84. The van der Waals surface area contributed by atoms with E-state index in [4.69, 9.17) is 5.73 Å². The number of hydrogen-bond donors (Lipinski definition) is 2. The third-order valence-electron chi connectivity index (χ3n) is 4.04. The number of nitrogen functional groups attached to an aromatic ring is 1. The van der Waals surface area contributed by atoms with Gasteiger partial charge in [0.05, 0.1) is 15.6 Å². The molecule has 1 atom stereocenters. The van der Waals surface area contributed by atoms with Crippen LogP contribution in [0.1, 0.15) is 42.8 Å². The van der Waals surface area contributed by atoms with Crippen LogP contribution in [-0.2, 0) is 0 Å². The van der Waals surface area contributed by atoms with Crippen molar-refractivity contribution in [2.24, 2.45) is 5.92 Å². The first-order valence-corrected chi connectivity index (χ1v) is 8.22. The zero-order valence-electron chi connectivity index (χ0n) is 12.6. The van der Waals surface area contributed by atoms with E-state index in [0.29, 0.717) is 11.7 Å². The fourth-order valence-corrected chi connectivity index (χ4v) is 3.13. The number of carbonyl (C=O) groups excluding carboxylic acids is 1. The zero-order chi connectivity index (χ0) is 14.7. The number of likely N-dealkylation sites (N-methyl/N-ethyl adjacent to an activating group) is 1. The van der Waals surface area contributed by atoms with Crippen LogP contribution in [0.3, 0.4) is 0 Å². The first kappa shape index (κ1) is 15.3. The molecule has 0 bridgehead atoms. The summed E-state index contributed by atoms with van der Waals surface area (Å²) < 4.78 is 0. The van der Waals surface area contributed by atoms with Crippen LogP contribution in [-0.4, -0.2) is 36.9 Å². The van der Waals surface area contributed by atoms with E-state index in [-0.39, 0.29) is 11.7 Å². The van der Waals surface area contributed by atoms with E-state index in [1.165, 1.54) is 11.3 Å². The number of anilines is 2. The Kier molecular flexibility index (Phi) is 5.05. The lowest BCUT2D eigenvalue weighted by molar-refractivity contribution is 0.0972. The van der Waals surface area contributed by atoms with Crippen molar-refractivity contribution in [3.05, 3.63) is 10.9 Å². The fraction of sp³-hybridized carbons (Fsp3) is 0.667. The van der Waals surface area contributed by atoms with E-state index in [2.05, 4.69) is 31.1 Å². The predicted molar refractivity (Wildman–Crippen MR) is 86.7 cm³/mol. The summed E-state index contributed by atoms with van der Waals surface area (Å²) in [7, 11) is 2.14. The smallest absolute Gasteiger partial charge is 0.178 e. The first-order chi connectivity index (χ1) is 9.52. The number of Topliss-reactive ketones (excluding diaryl/α,β-unsaturated/α-hetero) is 1. The standard InChI is InChI=1S/C15H25N3OS/c1-4-10(2)18(3)8-7-17-13-9-12(16)15(20-13)14(19)11-5-6-11/h9-11,17H,4-8,16H2,1-3H3. The molecule has 20 heavy (non-hydrogen) atoms. The number of rotatable bonds is 8. The van der Waals surface area contributed by atoms with Crippen LogP contribution < -0.4 is 11.1 Å². The third-order valence-corrected chi connectivity index (χ3v) is 5.16. The number of ketones is 1. The van der Waals surface area contributed by atoms with Crippen molar-refractivity contribution >= 4 is 27.8 Å². The highest BCUT2D eigenvalue weighted by atomic mass is 32.1. The van der Waals surface area contributed by atoms with Gasteiger partial charge in [-0.1, -0.05) is 6.92 Å². The third kappa shape index (κ3) is 3.73. The van der Waals surface area contributed by atoms with E-state index < -0.39 is 0 Å². The molecule has 112 valence electrons. The predicted octanol–water partition coefficient (Wildman–Crippen LogP) is 3.07. The van der Waals surface area contributed by atoms with Crippen molar-refractivity contribution in [1.29, 1.82) is 0 Å². The van der Waals surface area contributed by atoms with Crippen molar-refractivity contribution in [2.75, 3.05) is 31.2 Å². The summed E-state index contributed by atoms with van der Waals surface area (Å²) in [6.45, 7) is 6.29. The second-order valence-corrected chi connectivity index (χ2v) is 6.75. The second kappa shape index (κ2) is 6.59. The van der Waals surface area contributed by atoms with Crippen LogP contribution in [0.15, 0.2) is 6.07 Å². The minimum absolute atomic E-state index is 0.234. The molecule has 2 rings (SSSR count). The highest BCUT2D eigenvalue weighted by Gasteiger charge is 2.32. The maximum Gasteiger partial charge on any atom is 0.178 e. The maximum atomic E-state index is 12.0. The molecule has 1 fully saturated rings. The molecule has 1 unspecified atom stereocenters. The van der Waals surface area contributed by atoms with Gasteiger partial charge in [-0.3, -0.25) is 4.79 Å². The maximum absolute atomic E-state index is 12.0. The van der Waals surface area contributed by atoms with Crippen LogP contribution in [0.5, 0.6) is 0 Å². The van der Waals surface area contributed by atoms with Crippen LogP contribution >= 0.6 is 11.3 Å². The SMILES string of the molecule is CCC(C)N(C)CCNc1cc(N)c(C(=O)C2CC2)s1. The number of nitrogens with two attached hydrogens (primary N) is 1. The minimum Gasteiger partial charge on any atom is -0.397 e. The van der Waals surface area contributed by atoms with Crippen molar-refractivity contribution in [2.45, 2.75) is 39.2 Å². The highest BCUT2D eigenvalue weighted by Crippen LogP contribution is 2.38. The Hall–Kier alpha value is -1.07. The molecule has 1 aliphatic rings. The molecule has 0 aliphatic heterocycles. The molecule has 0 aromatic carbocycles. The second-order valence-electron chi connectivity index (χ2n) is 5.70. The highest BCUT2D eigenvalue weighted by molar-refractivity contribution is 7.18. The number of nitrogens with one attached hydrogen (secondary N) is 1. The molecule has 1 heterocycles. The zero-order valence-corrected chi connectivity index (χ0v) is 13.4. The molecule has 1 aliphatic carbocycles. The monoisotopic (exact) mass is 295 g/mol. The van der Waals surface area contributed by atoms with Gasteiger partial charge in [0.15, 0.2) is 5.78 Å². The molecule has 1 saturated carbocycles. The number of carbonyl (C=O) groups is 1. The lowest BCUT2D eigenvalue weighted by Crippen LogP contribution is -2.32. The van der Waals surface area contributed by atoms with Gasteiger partial charge in [-0.15, -0.1) is 11.3 Å². The van der Waals surface area contributed by atoms with Crippen molar-refractivity contribution < 1.29 is 4.79 Å². The molecule has 0 saturated heterocycles. The van der Waals surface area contributed by atoms with E-state index in [0.717, 1.165) is 42.2 Å². The molecule has 3 N–H and O–H groups in total. The summed E-state index contributed by atoms with van der Waals surface area (Å²) in [6, 6.07) is 2.49. The Labute approximate surface area is 125 Å². The van der Waals surface area contributed by atoms with Gasteiger partial charge < -0.3 is 16.0 Å². The number of nitrogens with zero attached hydrogens (tertiary/aromatic N) is 1. The molecule has 0 amide bonds. The van der Waals surface area contributed by atoms with Gasteiger partial charge in [0.1, 0.15) is 0 Å². The normalized spacial score (nSPS) is 16.4. The van der Waals surface area contributed by atoms with Gasteiger partial charge in [-0.05, 0) is 39.3 Å².